The average molecular weight is 347 g/mol. The number of aryl methyl sites for hydroxylation is 1. The van der Waals surface area contributed by atoms with E-state index in [9.17, 15) is 9.90 Å². The van der Waals surface area contributed by atoms with E-state index >= 15 is 0 Å². The molecule has 114 valence electrons. The molecule has 0 aliphatic carbocycles. The molecule has 0 N–H and O–H groups in total. The molecule has 0 radical (unpaired) electrons. The van der Waals surface area contributed by atoms with Gasteiger partial charge in [0.1, 0.15) is 10.4 Å². The summed E-state index contributed by atoms with van der Waals surface area (Å²) in [5, 5.41) is 16.4. The number of nitrogens with zero attached hydrogens (tertiary/aromatic N) is 3. The second-order valence-electron chi connectivity index (χ2n) is 5.51. The third-order valence-electron chi connectivity index (χ3n) is 2.90. The zero-order valence-electron chi connectivity index (χ0n) is 12.0. The van der Waals surface area contributed by atoms with Gasteiger partial charge in [-0.25, -0.2) is 0 Å². The normalized spacial score (nSPS) is 11.7. The van der Waals surface area contributed by atoms with Crippen LogP contribution in [-0.4, -0.2) is 21.4 Å². The van der Waals surface area contributed by atoms with Crippen molar-refractivity contribution in [1.82, 2.24) is 9.78 Å². The van der Waals surface area contributed by atoms with Gasteiger partial charge in [0.2, 0.25) is 0 Å². The summed E-state index contributed by atoms with van der Waals surface area (Å²) >= 11 is 13.5. The molecule has 2 heterocycles. The maximum atomic E-state index is 11.4. The van der Waals surface area contributed by atoms with Crippen LogP contribution in [0.5, 0.6) is 0 Å². The van der Waals surface area contributed by atoms with Gasteiger partial charge >= 0.3 is 0 Å². The highest BCUT2D eigenvalue weighted by atomic mass is 35.5. The Kier molecular flexibility index (Phi) is 4.24. The van der Waals surface area contributed by atoms with Gasteiger partial charge < -0.3 is 14.8 Å². The Morgan fingerprint density at radius 2 is 2.05 bits per heavy atom. The van der Waals surface area contributed by atoms with Crippen LogP contribution in [0.3, 0.4) is 0 Å². The maximum Gasteiger partial charge on any atom is 0.142 e. The van der Waals surface area contributed by atoms with Gasteiger partial charge in [0.25, 0.3) is 0 Å². The molecule has 0 bridgehead atoms. The Labute approximate surface area is 136 Å². The van der Waals surface area contributed by atoms with Gasteiger partial charge in [-0.15, -0.1) is 11.3 Å². The van der Waals surface area contributed by atoms with Gasteiger partial charge in [-0.05, 0) is 26.8 Å². The first-order valence-corrected chi connectivity index (χ1v) is 7.68. The van der Waals surface area contributed by atoms with Gasteiger partial charge in [0, 0.05) is 18.2 Å². The molecule has 0 atom stereocenters. The van der Waals surface area contributed by atoms with Crippen molar-refractivity contribution in [3.05, 3.63) is 21.6 Å². The fraction of sp³-hybridized carbons (Fsp3) is 0.385. The number of halogens is 2. The molecule has 0 spiro atoms. The van der Waals surface area contributed by atoms with Crippen molar-refractivity contribution in [2.75, 3.05) is 4.90 Å². The average Bonchev–Trinajstić information content (AvgIpc) is 2.80. The van der Waals surface area contributed by atoms with E-state index in [1.807, 2.05) is 0 Å². The van der Waals surface area contributed by atoms with Crippen LogP contribution in [0.25, 0.3) is 11.3 Å². The predicted molar refractivity (Wildman–Crippen MR) is 84.2 cm³/mol. The minimum Gasteiger partial charge on any atom is -0.530 e. The van der Waals surface area contributed by atoms with Crippen LogP contribution in [0.15, 0.2) is 12.3 Å². The van der Waals surface area contributed by atoms with Crippen molar-refractivity contribution in [3.8, 4) is 11.3 Å². The molecule has 5 nitrogen and oxygen atoms in total. The van der Waals surface area contributed by atoms with Crippen LogP contribution < -0.4 is 10.0 Å². The van der Waals surface area contributed by atoms with Gasteiger partial charge in [-0.3, -0.25) is 4.68 Å². The highest BCUT2D eigenvalue weighted by molar-refractivity contribution is 7.20. The van der Waals surface area contributed by atoms with Crippen molar-refractivity contribution in [3.63, 3.8) is 0 Å². The predicted octanol–water partition coefficient (Wildman–Crippen LogP) is 3.40. The lowest BCUT2D eigenvalue weighted by Crippen LogP contribution is -2.51. The van der Waals surface area contributed by atoms with Crippen LogP contribution in [0.1, 0.15) is 20.8 Å². The molecule has 0 fully saturated rings. The Balaban J connectivity index is 2.56. The Morgan fingerprint density at radius 3 is 2.48 bits per heavy atom. The lowest BCUT2D eigenvalue weighted by molar-refractivity contribution is -0.247. The van der Waals surface area contributed by atoms with E-state index in [0.29, 0.717) is 25.6 Å². The van der Waals surface area contributed by atoms with Crippen LogP contribution in [0.4, 0.5) is 9.80 Å². The number of hydrogen-bond donors (Lipinski definition) is 0. The SMILES string of the molecule is Cn1ncc(Cl)c1-c1cc(N(C(=O)[O-])C(C)(C)C)sc1Cl. The molecule has 0 saturated carbocycles. The molecule has 2 aromatic heterocycles. The first-order valence-electron chi connectivity index (χ1n) is 6.11. The molecule has 2 aromatic rings. The number of carbonyl (C=O) groups is 1. The Bertz CT molecular complexity index is 669. The van der Waals surface area contributed by atoms with E-state index in [1.54, 1.807) is 38.6 Å². The molecule has 2 rings (SSSR count). The molecule has 21 heavy (non-hydrogen) atoms. The molecule has 8 heteroatoms. The monoisotopic (exact) mass is 346 g/mol. The quantitative estimate of drug-likeness (QED) is 0.836. The van der Waals surface area contributed by atoms with Gasteiger partial charge in [0.15, 0.2) is 0 Å². The number of thiophene rings is 1. The number of aromatic nitrogens is 2. The summed E-state index contributed by atoms with van der Waals surface area (Å²) in [6.07, 6.45) is 0.244. The molecule has 0 saturated heterocycles. The van der Waals surface area contributed by atoms with Crippen molar-refractivity contribution in [2.24, 2.45) is 7.05 Å². The smallest absolute Gasteiger partial charge is 0.142 e. The third-order valence-corrected chi connectivity index (χ3v) is 4.52. The van der Waals surface area contributed by atoms with E-state index in [-0.39, 0.29) is 0 Å². The Morgan fingerprint density at radius 1 is 1.43 bits per heavy atom. The van der Waals surface area contributed by atoms with Gasteiger partial charge in [0.05, 0.1) is 21.9 Å². The number of amides is 1. The lowest BCUT2D eigenvalue weighted by atomic mass is 10.1. The molecular formula is C13H14Cl2N3O2S-. The van der Waals surface area contributed by atoms with Gasteiger partial charge in [-0.1, -0.05) is 23.2 Å². The largest absolute Gasteiger partial charge is 0.530 e. The first kappa shape index (κ1) is 16.1. The van der Waals surface area contributed by atoms with Gasteiger partial charge in [-0.2, -0.15) is 5.10 Å². The molecule has 0 aliphatic heterocycles. The number of hydrogen-bond acceptors (Lipinski definition) is 4. The summed E-state index contributed by atoms with van der Waals surface area (Å²) in [4.78, 5) is 12.6. The highest BCUT2D eigenvalue weighted by Gasteiger charge is 2.26. The minimum atomic E-state index is -1.27. The second kappa shape index (κ2) is 5.51. The van der Waals surface area contributed by atoms with Crippen molar-refractivity contribution >= 4 is 45.6 Å². The standard InChI is InChI=1S/C13H15Cl2N3O2S/c1-13(2,3)18(12(19)20)9-5-7(11(15)21-9)10-8(14)6-16-17(10)4/h5-6H,1-4H3,(H,19,20)/p-1. The summed E-state index contributed by atoms with van der Waals surface area (Å²) in [5.41, 5.74) is 0.661. The van der Waals surface area contributed by atoms with E-state index in [0.717, 1.165) is 11.3 Å². The zero-order chi connectivity index (χ0) is 15.9. The molecule has 0 aromatic carbocycles. The van der Waals surface area contributed by atoms with Crippen LogP contribution >= 0.6 is 34.5 Å². The fourth-order valence-electron chi connectivity index (χ4n) is 2.04. The lowest BCUT2D eigenvalue weighted by Gasteiger charge is -2.36. The summed E-state index contributed by atoms with van der Waals surface area (Å²) in [6.45, 7) is 5.35. The first-order chi connectivity index (χ1) is 9.62. The van der Waals surface area contributed by atoms with Crippen molar-refractivity contribution in [2.45, 2.75) is 26.3 Å². The second-order valence-corrected chi connectivity index (χ2v) is 7.55. The molecular weight excluding hydrogens is 333 g/mol. The number of anilines is 1. The Hall–Kier alpha value is -1.24. The maximum absolute atomic E-state index is 11.4. The summed E-state index contributed by atoms with van der Waals surface area (Å²) in [6, 6.07) is 1.69. The van der Waals surface area contributed by atoms with Crippen molar-refractivity contribution in [1.29, 1.82) is 0 Å². The topological polar surface area (TPSA) is 61.2 Å². The third kappa shape index (κ3) is 3.02. The van der Waals surface area contributed by atoms with Crippen LogP contribution in [-0.2, 0) is 7.05 Å². The van der Waals surface area contributed by atoms with Crippen LogP contribution in [0, 0.1) is 0 Å². The summed E-state index contributed by atoms with van der Waals surface area (Å²) < 4.78 is 2.05. The number of carbonyl (C=O) groups excluding carboxylic acids is 1. The molecule has 1 amide bonds. The number of carboxylic acid groups (broad SMARTS) is 1. The zero-order valence-corrected chi connectivity index (χ0v) is 14.3. The molecule has 0 unspecified atom stereocenters. The summed E-state index contributed by atoms with van der Waals surface area (Å²) in [5.74, 6) is 0. The summed E-state index contributed by atoms with van der Waals surface area (Å²) in [7, 11) is 1.75. The van der Waals surface area contributed by atoms with E-state index in [1.165, 1.54) is 11.1 Å². The van der Waals surface area contributed by atoms with Crippen LogP contribution in [0.2, 0.25) is 9.36 Å². The van der Waals surface area contributed by atoms with Crippen molar-refractivity contribution < 1.29 is 9.90 Å². The fourth-order valence-corrected chi connectivity index (χ4v) is 3.75. The van der Waals surface area contributed by atoms with E-state index < -0.39 is 11.6 Å². The molecule has 0 aliphatic rings. The minimum absolute atomic E-state index is 0.450. The number of rotatable bonds is 2. The van der Waals surface area contributed by atoms with E-state index in [4.69, 9.17) is 23.2 Å². The van der Waals surface area contributed by atoms with E-state index in [2.05, 4.69) is 5.10 Å². The highest BCUT2D eigenvalue weighted by Crippen LogP contribution is 2.43.